The number of esters is 1. The molecule has 2 rings (SSSR count). The number of methoxy groups -OCH3 is 1. The number of aromatic nitrogens is 3. The average Bonchev–Trinajstić information content (AvgIpc) is 3.35. The summed E-state index contributed by atoms with van der Waals surface area (Å²) in [5, 5.41) is 8.24. The Balaban J connectivity index is 2.07. The van der Waals surface area contributed by atoms with Crippen LogP contribution < -0.4 is 21.5 Å². The monoisotopic (exact) mass is 528 g/mol. The Bertz CT molecular complexity index is 1200. The van der Waals surface area contributed by atoms with Gasteiger partial charge in [-0.15, -0.1) is 0 Å². The average molecular weight is 529 g/mol. The van der Waals surface area contributed by atoms with E-state index in [1.54, 1.807) is 13.1 Å². The molecule has 2 aromatic rings. The quantitative estimate of drug-likeness (QED) is 0.178. The van der Waals surface area contributed by atoms with Crippen LogP contribution in [0.5, 0.6) is 0 Å². The van der Waals surface area contributed by atoms with Crippen LogP contribution in [0.3, 0.4) is 0 Å². The van der Waals surface area contributed by atoms with Gasteiger partial charge < -0.3 is 34.6 Å². The highest BCUT2D eigenvalue weighted by molar-refractivity contribution is 5.94. The number of allylic oxidation sites excluding steroid dienone is 1. The van der Waals surface area contributed by atoms with Crippen LogP contribution in [0.4, 0.5) is 5.69 Å². The van der Waals surface area contributed by atoms with Gasteiger partial charge in [-0.25, -0.2) is 9.78 Å². The first kappa shape index (κ1) is 30.0. The fourth-order valence-corrected chi connectivity index (χ4v) is 3.64. The van der Waals surface area contributed by atoms with Gasteiger partial charge in [-0.05, 0) is 30.9 Å². The Morgan fingerprint density at radius 1 is 1.21 bits per heavy atom. The number of hydrogen-bond acceptors (Lipinski definition) is 8. The summed E-state index contributed by atoms with van der Waals surface area (Å²) in [5.41, 5.74) is -0.125. The number of rotatable bonds is 15. The van der Waals surface area contributed by atoms with Gasteiger partial charge in [-0.2, -0.15) is 0 Å². The van der Waals surface area contributed by atoms with E-state index >= 15 is 0 Å². The number of nitrogens with one attached hydrogen (secondary N) is 3. The van der Waals surface area contributed by atoms with Crippen molar-refractivity contribution in [1.82, 2.24) is 24.8 Å². The second kappa shape index (κ2) is 15.1. The van der Waals surface area contributed by atoms with Crippen LogP contribution in [-0.4, -0.2) is 57.9 Å². The molecule has 0 spiro atoms. The molecule has 0 bridgehead atoms. The maximum Gasteiger partial charge on any atom is 0.354 e. The summed E-state index contributed by atoms with van der Waals surface area (Å²) < 4.78 is 7.59. The number of imidazole rings is 1. The normalized spacial score (nSPS) is 12.1. The molecule has 12 heteroatoms. The summed E-state index contributed by atoms with van der Waals surface area (Å²) >= 11 is 0. The Hall–Kier alpha value is -4.22. The molecule has 0 radical (unpaired) electrons. The number of aryl methyl sites for hydroxylation is 1. The summed E-state index contributed by atoms with van der Waals surface area (Å²) in [6.45, 7) is 4.50. The van der Waals surface area contributed by atoms with Crippen molar-refractivity contribution in [3.8, 4) is 0 Å². The van der Waals surface area contributed by atoms with Crippen molar-refractivity contribution in [2.75, 3.05) is 19.0 Å². The van der Waals surface area contributed by atoms with Crippen LogP contribution in [-0.2, 0) is 32.7 Å². The van der Waals surface area contributed by atoms with E-state index in [0.29, 0.717) is 24.4 Å². The number of ether oxygens (including phenoxy) is 1. The highest BCUT2D eigenvalue weighted by Crippen LogP contribution is 2.10. The van der Waals surface area contributed by atoms with Crippen LogP contribution in [0, 0.1) is 5.92 Å². The molecule has 0 aromatic carbocycles. The second-order valence-corrected chi connectivity index (χ2v) is 8.76. The van der Waals surface area contributed by atoms with Crippen molar-refractivity contribution in [3.63, 3.8) is 0 Å². The fourth-order valence-electron chi connectivity index (χ4n) is 3.64. The maximum absolute atomic E-state index is 12.9. The number of carbonyl (C=O) groups is 4. The van der Waals surface area contributed by atoms with Gasteiger partial charge in [0.15, 0.2) is 0 Å². The first-order chi connectivity index (χ1) is 18.2. The van der Waals surface area contributed by atoms with Crippen molar-refractivity contribution >= 4 is 29.8 Å². The summed E-state index contributed by atoms with van der Waals surface area (Å²) in [6.07, 6.45) is 8.75. The Morgan fingerprint density at radius 3 is 2.55 bits per heavy atom. The van der Waals surface area contributed by atoms with Crippen LogP contribution >= 0.6 is 0 Å². The van der Waals surface area contributed by atoms with E-state index in [9.17, 15) is 24.0 Å². The van der Waals surface area contributed by atoms with E-state index in [1.165, 1.54) is 47.1 Å². The summed E-state index contributed by atoms with van der Waals surface area (Å²) in [4.78, 5) is 65.3. The maximum atomic E-state index is 12.9. The lowest BCUT2D eigenvalue weighted by molar-refractivity contribution is -0.136. The minimum atomic E-state index is -0.806. The third-order valence-corrected chi connectivity index (χ3v) is 6.11. The zero-order valence-corrected chi connectivity index (χ0v) is 22.2. The number of nitrogens with zero attached hydrogens (tertiary/aromatic N) is 3. The highest BCUT2D eigenvalue weighted by Gasteiger charge is 2.17. The van der Waals surface area contributed by atoms with Gasteiger partial charge in [-0.1, -0.05) is 32.8 Å². The second-order valence-electron chi connectivity index (χ2n) is 8.76. The number of hydrogen-bond donors (Lipinski definition) is 3. The SMILES string of the molecule is CCC(CC)CNC(=O)Cn1cccc(NC(=CCCC(C=O)NC(=O)c2cncn2C)C(=O)OC)c1=O. The molecule has 1 atom stereocenters. The van der Waals surface area contributed by atoms with E-state index in [0.717, 1.165) is 12.8 Å². The van der Waals surface area contributed by atoms with E-state index in [1.807, 2.05) is 0 Å². The molecule has 2 aromatic heterocycles. The smallest absolute Gasteiger partial charge is 0.354 e. The molecule has 0 saturated carbocycles. The fraction of sp³-hybridized carbons (Fsp3) is 0.462. The number of aldehydes is 1. The van der Waals surface area contributed by atoms with Crippen molar-refractivity contribution < 1.29 is 23.9 Å². The Labute approximate surface area is 221 Å². The number of amides is 2. The van der Waals surface area contributed by atoms with E-state index in [2.05, 4.69) is 34.8 Å². The molecule has 2 amide bonds. The largest absolute Gasteiger partial charge is 0.464 e. The van der Waals surface area contributed by atoms with Gasteiger partial charge in [0.2, 0.25) is 5.91 Å². The van der Waals surface area contributed by atoms with E-state index in [-0.39, 0.29) is 36.7 Å². The van der Waals surface area contributed by atoms with Gasteiger partial charge in [0, 0.05) is 19.8 Å². The van der Waals surface area contributed by atoms with Crippen LogP contribution in [0.25, 0.3) is 0 Å². The highest BCUT2D eigenvalue weighted by atomic mass is 16.5. The van der Waals surface area contributed by atoms with Crippen molar-refractivity contribution in [3.05, 3.63) is 58.7 Å². The first-order valence-corrected chi connectivity index (χ1v) is 12.5. The summed E-state index contributed by atoms with van der Waals surface area (Å²) in [6, 6.07) is 2.27. The lowest BCUT2D eigenvalue weighted by Crippen LogP contribution is -2.36. The zero-order chi connectivity index (χ0) is 28.1. The third-order valence-electron chi connectivity index (χ3n) is 6.11. The van der Waals surface area contributed by atoms with Gasteiger partial charge in [0.1, 0.15) is 29.9 Å². The van der Waals surface area contributed by atoms with Gasteiger partial charge in [0.05, 0.1) is 25.7 Å². The molecular formula is C26H36N6O6. The minimum Gasteiger partial charge on any atom is -0.464 e. The van der Waals surface area contributed by atoms with Crippen molar-refractivity contribution in [1.29, 1.82) is 0 Å². The molecule has 1 unspecified atom stereocenters. The molecule has 0 saturated heterocycles. The molecule has 3 N–H and O–H groups in total. The lowest BCUT2D eigenvalue weighted by atomic mass is 10.0. The summed E-state index contributed by atoms with van der Waals surface area (Å²) in [7, 11) is 2.86. The molecule has 12 nitrogen and oxygen atoms in total. The number of pyridine rings is 1. The molecular weight excluding hydrogens is 492 g/mol. The Morgan fingerprint density at radius 2 is 1.95 bits per heavy atom. The predicted molar refractivity (Wildman–Crippen MR) is 141 cm³/mol. The van der Waals surface area contributed by atoms with Gasteiger partial charge >= 0.3 is 5.97 Å². The predicted octanol–water partition coefficient (Wildman–Crippen LogP) is 1.38. The Kier molecular flexibility index (Phi) is 11.9. The zero-order valence-electron chi connectivity index (χ0n) is 22.2. The first-order valence-electron chi connectivity index (χ1n) is 12.5. The molecule has 38 heavy (non-hydrogen) atoms. The van der Waals surface area contributed by atoms with Crippen molar-refractivity contribution in [2.45, 2.75) is 52.1 Å². The van der Waals surface area contributed by atoms with E-state index in [4.69, 9.17) is 4.74 Å². The molecule has 0 aliphatic heterocycles. The van der Waals surface area contributed by atoms with Gasteiger partial charge in [0.25, 0.3) is 11.5 Å². The molecule has 0 fully saturated rings. The minimum absolute atomic E-state index is 0.0110. The molecule has 0 aliphatic rings. The molecule has 2 heterocycles. The van der Waals surface area contributed by atoms with Crippen LogP contribution in [0.2, 0.25) is 0 Å². The summed E-state index contributed by atoms with van der Waals surface area (Å²) in [5.74, 6) is -1.08. The van der Waals surface area contributed by atoms with Crippen LogP contribution in [0.15, 0.2) is 47.4 Å². The standard InChI is InChI=1S/C26H36N6O6/c1-5-18(6-2)13-28-23(34)15-32-12-8-11-20(25(32)36)30-21(26(37)38-4)10-7-9-19(16-33)29-24(35)22-14-27-17-31(22)3/h8,10-12,14,16-19,30H,5-7,9,13,15H2,1-4H3,(H,28,34)(H,29,35). The topological polar surface area (TPSA) is 153 Å². The number of carbonyl (C=O) groups excluding carboxylic acids is 4. The third kappa shape index (κ3) is 8.71. The molecule has 0 aliphatic carbocycles. The van der Waals surface area contributed by atoms with Crippen molar-refractivity contribution in [2.24, 2.45) is 13.0 Å². The number of anilines is 1. The molecule has 206 valence electrons. The lowest BCUT2D eigenvalue weighted by Gasteiger charge is -2.15. The van der Waals surface area contributed by atoms with Crippen LogP contribution in [0.1, 0.15) is 50.0 Å². The van der Waals surface area contributed by atoms with E-state index < -0.39 is 23.5 Å². The van der Waals surface area contributed by atoms with Gasteiger partial charge in [-0.3, -0.25) is 14.4 Å².